The lowest BCUT2D eigenvalue weighted by atomic mass is 9.78. The van der Waals surface area contributed by atoms with Crippen LogP contribution >= 0.6 is 0 Å². The van der Waals surface area contributed by atoms with Crippen molar-refractivity contribution < 1.29 is 9.90 Å². The van der Waals surface area contributed by atoms with E-state index in [-0.39, 0.29) is 0 Å². The van der Waals surface area contributed by atoms with Crippen LogP contribution in [0.1, 0.15) is 59.8 Å². The molecule has 0 aliphatic rings. The van der Waals surface area contributed by atoms with Gasteiger partial charge in [-0.2, -0.15) is 0 Å². The Balaban J connectivity index is 3.87. The maximum atomic E-state index is 10.5. The van der Waals surface area contributed by atoms with Gasteiger partial charge in [-0.1, -0.05) is 40.5 Å². The van der Waals surface area contributed by atoms with Crippen molar-refractivity contribution in [3.05, 3.63) is 0 Å². The third-order valence-electron chi connectivity index (χ3n) is 2.63. The molecule has 0 bridgehead atoms. The van der Waals surface area contributed by atoms with Crippen molar-refractivity contribution >= 4 is 5.97 Å². The molecule has 1 unspecified atom stereocenters. The van der Waals surface area contributed by atoms with Crippen molar-refractivity contribution in [1.29, 1.82) is 0 Å². The monoisotopic (exact) mass is 200 g/mol. The Morgan fingerprint density at radius 2 is 2.00 bits per heavy atom. The fourth-order valence-corrected chi connectivity index (χ4v) is 2.07. The molecule has 0 heterocycles. The lowest BCUT2D eigenvalue weighted by molar-refractivity contribution is -0.138. The molecule has 0 aromatic heterocycles. The van der Waals surface area contributed by atoms with E-state index in [1.807, 2.05) is 6.92 Å². The number of aliphatic carboxylic acids is 1. The summed E-state index contributed by atoms with van der Waals surface area (Å²) < 4.78 is 0. The number of unbranched alkanes of at least 4 members (excludes halogenated alkanes) is 1. The second-order valence-corrected chi connectivity index (χ2v) is 5.17. The fraction of sp³-hybridized carbons (Fsp3) is 0.917. The van der Waals surface area contributed by atoms with Crippen LogP contribution in [0.2, 0.25) is 0 Å². The Morgan fingerprint density at radius 3 is 2.43 bits per heavy atom. The summed E-state index contributed by atoms with van der Waals surface area (Å²) in [5, 5.41) is 8.66. The average molecular weight is 200 g/mol. The van der Waals surface area contributed by atoms with Crippen LogP contribution in [0.5, 0.6) is 0 Å². The maximum absolute atomic E-state index is 10.5. The molecule has 14 heavy (non-hydrogen) atoms. The van der Waals surface area contributed by atoms with E-state index in [0.717, 1.165) is 6.42 Å². The molecular weight excluding hydrogens is 176 g/mol. The molecule has 0 rings (SSSR count). The summed E-state index contributed by atoms with van der Waals surface area (Å²) in [4.78, 5) is 10.5. The minimum atomic E-state index is -0.677. The predicted molar refractivity (Wildman–Crippen MR) is 59.3 cm³/mol. The minimum Gasteiger partial charge on any atom is -0.481 e. The van der Waals surface area contributed by atoms with E-state index in [1.165, 1.54) is 19.3 Å². The normalized spacial score (nSPS) is 14.0. The molecular formula is C12H24O2. The van der Waals surface area contributed by atoms with Gasteiger partial charge in [0.2, 0.25) is 0 Å². The first-order valence-corrected chi connectivity index (χ1v) is 5.59. The van der Waals surface area contributed by atoms with Crippen LogP contribution < -0.4 is 0 Å². The Bertz CT molecular complexity index is 173. The third kappa shape index (κ3) is 6.93. The topological polar surface area (TPSA) is 37.3 Å². The second kappa shape index (κ2) is 6.05. The minimum absolute atomic E-state index is 0.291. The van der Waals surface area contributed by atoms with Crippen molar-refractivity contribution in [2.45, 2.75) is 59.8 Å². The van der Waals surface area contributed by atoms with Crippen molar-refractivity contribution in [2.75, 3.05) is 0 Å². The van der Waals surface area contributed by atoms with Crippen molar-refractivity contribution in [1.82, 2.24) is 0 Å². The van der Waals surface area contributed by atoms with Gasteiger partial charge in [-0.15, -0.1) is 0 Å². The van der Waals surface area contributed by atoms with Crippen LogP contribution in [0.15, 0.2) is 0 Å². The average Bonchev–Trinajstić information content (AvgIpc) is 1.98. The quantitative estimate of drug-likeness (QED) is 0.680. The summed E-state index contributed by atoms with van der Waals surface area (Å²) in [5.41, 5.74) is 0.297. The second-order valence-electron chi connectivity index (χ2n) is 5.17. The van der Waals surface area contributed by atoms with E-state index < -0.39 is 5.97 Å². The smallest absolute Gasteiger partial charge is 0.303 e. The molecule has 2 nitrogen and oxygen atoms in total. The first-order chi connectivity index (χ1) is 6.37. The molecule has 2 heteroatoms. The highest BCUT2D eigenvalue weighted by atomic mass is 16.4. The first-order valence-electron chi connectivity index (χ1n) is 5.59. The Labute approximate surface area is 87.7 Å². The van der Waals surface area contributed by atoms with E-state index in [9.17, 15) is 4.79 Å². The molecule has 0 aromatic rings. The molecule has 84 valence electrons. The standard InChI is InChI=1S/C12H24O2/c1-5-6-7-12(3,4)9-10(2)8-11(13)14/h10H,5-9H2,1-4H3,(H,13,14). The number of hydrogen-bond acceptors (Lipinski definition) is 1. The van der Waals surface area contributed by atoms with Gasteiger partial charge < -0.3 is 5.11 Å². The van der Waals surface area contributed by atoms with Crippen molar-refractivity contribution in [3.63, 3.8) is 0 Å². The zero-order chi connectivity index (χ0) is 11.2. The van der Waals surface area contributed by atoms with Crippen LogP contribution in [0, 0.1) is 11.3 Å². The maximum Gasteiger partial charge on any atom is 0.303 e. The molecule has 1 N–H and O–H groups in total. The summed E-state index contributed by atoms with van der Waals surface area (Å²) in [6.45, 7) is 8.70. The highest BCUT2D eigenvalue weighted by Gasteiger charge is 2.21. The van der Waals surface area contributed by atoms with Gasteiger partial charge >= 0.3 is 5.97 Å². The number of carboxylic acids is 1. The van der Waals surface area contributed by atoms with Gasteiger partial charge in [0, 0.05) is 6.42 Å². The van der Waals surface area contributed by atoms with Crippen molar-refractivity contribution in [3.8, 4) is 0 Å². The lowest BCUT2D eigenvalue weighted by Crippen LogP contribution is -2.17. The van der Waals surface area contributed by atoms with Gasteiger partial charge in [-0.3, -0.25) is 4.79 Å². The van der Waals surface area contributed by atoms with Gasteiger partial charge in [-0.05, 0) is 24.2 Å². The van der Waals surface area contributed by atoms with E-state index in [4.69, 9.17) is 5.11 Å². The van der Waals surface area contributed by atoms with Crippen LogP contribution in [0.25, 0.3) is 0 Å². The van der Waals surface area contributed by atoms with Crippen molar-refractivity contribution in [2.24, 2.45) is 11.3 Å². The van der Waals surface area contributed by atoms with Gasteiger partial charge in [-0.25, -0.2) is 0 Å². The van der Waals surface area contributed by atoms with E-state index in [0.29, 0.717) is 17.8 Å². The Morgan fingerprint density at radius 1 is 1.43 bits per heavy atom. The number of hydrogen-bond donors (Lipinski definition) is 1. The molecule has 0 amide bonds. The molecule has 0 aromatic carbocycles. The highest BCUT2D eigenvalue weighted by Crippen LogP contribution is 2.32. The van der Waals surface area contributed by atoms with Gasteiger partial charge in [0.25, 0.3) is 0 Å². The van der Waals surface area contributed by atoms with E-state index >= 15 is 0 Å². The first kappa shape index (κ1) is 13.5. The molecule has 0 spiro atoms. The number of carboxylic acid groups (broad SMARTS) is 1. The zero-order valence-electron chi connectivity index (χ0n) is 9.97. The zero-order valence-corrected chi connectivity index (χ0v) is 9.97. The molecule has 0 fully saturated rings. The molecule has 1 atom stereocenters. The summed E-state index contributed by atoms with van der Waals surface area (Å²) in [7, 11) is 0. The molecule has 0 aliphatic carbocycles. The number of rotatable bonds is 7. The lowest BCUT2D eigenvalue weighted by Gasteiger charge is -2.27. The number of carbonyl (C=O) groups is 1. The van der Waals surface area contributed by atoms with Gasteiger partial charge in [0.1, 0.15) is 0 Å². The van der Waals surface area contributed by atoms with Crippen LogP contribution in [0.4, 0.5) is 0 Å². The van der Waals surface area contributed by atoms with Gasteiger partial charge in [0.05, 0.1) is 0 Å². The summed E-state index contributed by atoms with van der Waals surface area (Å²) in [6, 6.07) is 0. The Hall–Kier alpha value is -0.530. The van der Waals surface area contributed by atoms with Crippen LogP contribution in [-0.2, 0) is 4.79 Å². The third-order valence-corrected chi connectivity index (χ3v) is 2.63. The largest absolute Gasteiger partial charge is 0.481 e. The predicted octanol–water partition coefficient (Wildman–Crippen LogP) is 3.70. The van der Waals surface area contributed by atoms with Crippen LogP contribution in [0.3, 0.4) is 0 Å². The van der Waals surface area contributed by atoms with E-state index in [1.54, 1.807) is 0 Å². The summed E-state index contributed by atoms with van der Waals surface area (Å²) in [6.07, 6.45) is 4.98. The van der Waals surface area contributed by atoms with E-state index in [2.05, 4.69) is 20.8 Å². The molecule has 0 saturated carbocycles. The molecule has 0 radical (unpaired) electrons. The van der Waals surface area contributed by atoms with Gasteiger partial charge in [0.15, 0.2) is 0 Å². The molecule has 0 saturated heterocycles. The SMILES string of the molecule is CCCCC(C)(C)CC(C)CC(=O)O. The highest BCUT2D eigenvalue weighted by molar-refractivity contribution is 5.66. The van der Waals surface area contributed by atoms with Crippen LogP contribution in [-0.4, -0.2) is 11.1 Å². The molecule has 0 aliphatic heterocycles. The summed E-state index contributed by atoms with van der Waals surface area (Å²) >= 11 is 0. The Kier molecular flexibility index (Phi) is 5.82. The summed E-state index contributed by atoms with van der Waals surface area (Å²) in [5.74, 6) is -0.386. The fourth-order valence-electron chi connectivity index (χ4n) is 2.07.